The summed E-state index contributed by atoms with van der Waals surface area (Å²) in [7, 11) is 2.27. The van der Waals surface area contributed by atoms with Crippen LogP contribution in [0, 0.1) is 5.92 Å². The minimum atomic E-state index is 0.541. The largest absolute Gasteiger partial charge is 0.314 e. The minimum Gasteiger partial charge on any atom is -0.314 e. The van der Waals surface area contributed by atoms with Crippen molar-refractivity contribution < 1.29 is 0 Å². The van der Waals surface area contributed by atoms with Gasteiger partial charge in [0.15, 0.2) is 0 Å². The van der Waals surface area contributed by atoms with E-state index < -0.39 is 0 Å². The third-order valence-electron chi connectivity index (χ3n) is 4.54. The molecule has 110 valence electrons. The van der Waals surface area contributed by atoms with Crippen molar-refractivity contribution in [1.82, 2.24) is 10.2 Å². The summed E-state index contributed by atoms with van der Waals surface area (Å²) < 4.78 is 2.29. The van der Waals surface area contributed by atoms with Crippen LogP contribution in [0.4, 0.5) is 0 Å². The van der Waals surface area contributed by atoms with E-state index in [4.69, 9.17) is 0 Å². The number of rotatable bonds is 4. The fourth-order valence-electron chi connectivity index (χ4n) is 3.30. The second kappa shape index (κ2) is 6.47. The van der Waals surface area contributed by atoms with Gasteiger partial charge < -0.3 is 5.32 Å². The molecule has 1 saturated heterocycles. The molecule has 2 nitrogen and oxygen atoms in total. The van der Waals surface area contributed by atoms with E-state index in [9.17, 15) is 0 Å². The van der Waals surface area contributed by atoms with Crippen molar-refractivity contribution in [3.8, 4) is 0 Å². The van der Waals surface area contributed by atoms with Crippen molar-refractivity contribution in [3.63, 3.8) is 0 Å². The summed E-state index contributed by atoms with van der Waals surface area (Å²) in [5.41, 5.74) is 1.44. The molecule has 20 heavy (non-hydrogen) atoms. The molecule has 2 atom stereocenters. The molecular formula is C16H22Br2N2. The topological polar surface area (TPSA) is 15.3 Å². The van der Waals surface area contributed by atoms with Gasteiger partial charge in [0.05, 0.1) is 0 Å². The van der Waals surface area contributed by atoms with Crippen LogP contribution in [-0.2, 0) is 0 Å². The maximum absolute atomic E-state index is 3.72. The predicted molar refractivity (Wildman–Crippen MR) is 91.0 cm³/mol. The van der Waals surface area contributed by atoms with Gasteiger partial charge in [0.1, 0.15) is 0 Å². The molecule has 2 aliphatic rings. The van der Waals surface area contributed by atoms with Gasteiger partial charge in [-0.2, -0.15) is 0 Å². The predicted octanol–water partition coefficient (Wildman–Crippen LogP) is 4.35. The first-order valence-electron chi connectivity index (χ1n) is 7.53. The molecule has 3 rings (SSSR count). The van der Waals surface area contributed by atoms with Crippen molar-refractivity contribution in [1.29, 1.82) is 0 Å². The zero-order chi connectivity index (χ0) is 14.1. The van der Waals surface area contributed by atoms with E-state index in [1.165, 1.54) is 37.8 Å². The zero-order valence-electron chi connectivity index (χ0n) is 11.9. The summed E-state index contributed by atoms with van der Waals surface area (Å²) in [6.07, 6.45) is 5.40. The van der Waals surface area contributed by atoms with E-state index >= 15 is 0 Å². The molecule has 0 radical (unpaired) electrons. The Balaban J connectivity index is 1.78. The third kappa shape index (κ3) is 3.46. The Labute approximate surface area is 138 Å². The zero-order valence-corrected chi connectivity index (χ0v) is 15.1. The van der Waals surface area contributed by atoms with Gasteiger partial charge >= 0.3 is 0 Å². The highest BCUT2D eigenvalue weighted by atomic mass is 79.9. The molecule has 1 aliphatic heterocycles. The van der Waals surface area contributed by atoms with Crippen LogP contribution in [0.5, 0.6) is 0 Å². The molecule has 0 spiro atoms. The number of benzene rings is 1. The molecule has 2 fully saturated rings. The van der Waals surface area contributed by atoms with E-state index in [-0.39, 0.29) is 0 Å². The maximum Gasteiger partial charge on any atom is 0.0385 e. The summed E-state index contributed by atoms with van der Waals surface area (Å²) in [6.45, 7) is 2.37. The quantitative estimate of drug-likeness (QED) is 0.806. The Hall–Kier alpha value is 0.1000. The third-order valence-corrected chi connectivity index (χ3v) is 6.42. The van der Waals surface area contributed by atoms with Crippen molar-refractivity contribution in [3.05, 3.63) is 32.7 Å². The molecule has 0 bridgehead atoms. The average molecular weight is 402 g/mol. The number of halogens is 2. The minimum absolute atomic E-state index is 0.541. The lowest BCUT2D eigenvalue weighted by molar-refractivity contribution is 0.119. The summed E-state index contributed by atoms with van der Waals surface area (Å²) in [5, 5.41) is 3.72. The summed E-state index contributed by atoms with van der Waals surface area (Å²) in [4.78, 5) is 2.53. The van der Waals surface area contributed by atoms with Crippen LogP contribution < -0.4 is 5.32 Å². The fourth-order valence-corrected chi connectivity index (χ4v) is 3.95. The van der Waals surface area contributed by atoms with Gasteiger partial charge in [-0.05, 0) is 94.7 Å². The molecule has 1 aromatic carbocycles. The molecular weight excluding hydrogens is 380 g/mol. The summed E-state index contributed by atoms with van der Waals surface area (Å²) in [6, 6.07) is 8.05. The molecule has 1 N–H and O–H groups in total. The Morgan fingerprint density at radius 2 is 2.00 bits per heavy atom. The highest BCUT2D eigenvalue weighted by Gasteiger charge is 2.32. The van der Waals surface area contributed by atoms with Gasteiger partial charge in [0, 0.05) is 27.6 Å². The average Bonchev–Trinajstić information content (AvgIpc) is 3.24. The van der Waals surface area contributed by atoms with E-state index in [2.05, 4.69) is 67.3 Å². The molecule has 0 aromatic heterocycles. The monoisotopic (exact) mass is 400 g/mol. The molecule has 1 saturated carbocycles. The smallest absolute Gasteiger partial charge is 0.0385 e. The van der Waals surface area contributed by atoms with Crippen LogP contribution in [0.25, 0.3) is 0 Å². The number of likely N-dealkylation sites (tertiary alicyclic amines) is 1. The second-order valence-electron chi connectivity index (χ2n) is 6.18. The van der Waals surface area contributed by atoms with Crippen LogP contribution in [-0.4, -0.2) is 31.1 Å². The Kier molecular flexibility index (Phi) is 4.86. The maximum atomic E-state index is 3.72. The molecule has 1 aromatic rings. The second-order valence-corrected chi connectivity index (χ2v) is 7.89. The van der Waals surface area contributed by atoms with Crippen LogP contribution in [0.15, 0.2) is 27.1 Å². The fraction of sp³-hybridized carbons (Fsp3) is 0.625. The van der Waals surface area contributed by atoms with E-state index in [0.717, 1.165) is 27.4 Å². The van der Waals surface area contributed by atoms with Crippen LogP contribution >= 0.6 is 31.9 Å². The highest BCUT2D eigenvalue weighted by Crippen LogP contribution is 2.37. The molecule has 1 heterocycles. The van der Waals surface area contributed by atoms with E-state index in [0.29, 0.717) is 6.04 Å². The number of nitrogens with zero attached hydrogens (tertiary/aromatic N) is 1. The SMILES string of the molecule is CN1CCCC(CNC2CC2)C1c1ccc(Br)c(Br)c1. The normalized spacial score (nSPS) is 27.8. The molecule has 1 aliphatic carbocycles. The summed E-state index contributed by atoms with van der Waals surface area (Å²) in [5.74, 6) is 0.724. The van der Waals surface area contributed by atoms with Gasteiger partial charge in [0.2, 0.25) is 0 Å². The van der Waals surface area contributed by atoms with E-state index in [1.807, 2.05) is 0 Å². The van der Waals surface area contributed by atoms with Gasteiger partial charge in [-0.25, -0.2) is 0 Å². The van der Waals surface area contributed by atoms with Crippen molar-refractivity contribution in [2.24, 2.45) is 5.92 Å². The first-order valence-corrected chi connectivity index (χ1v) is 9.12. The highest BCUT2D eigenvalue weighted by molar-refractivity contribution is 9.13. The Bertz CT molecular complexity index is 474. The summed E-state index contributed by atoms with van der Waals surface area (Å²) >= 11 is 7.21. The Morgan fingerprint density at radius 3 is 2.70 bits per heavy atom. The van der Waals surface area contributed by atoms with Gasteiger partial charge in [-0.3, -0.25) is 4.90 Å². The number of hydrogen-bond acceptors (Lipinski definition) is 2. The first kappa shape index (κ1) is 15.0. The van der Waals surface area contributed by atoms with Crippen LogP contribution in [0.2, 0.25) is 0 Å². The Morgan fingerprint density at radius 1 is 1.20 bits per heavy atom. The number of piperidine rings is 1. The molecule has 0 amide bonds. The number of hydrogen-bond donors (Lipinski definition) is 1. The first-order chi connectivity index (χ1) is 9.65. The van der Waals surface area contributed by atoms with Gasteiger partial charge in [-0.15, -0.1) is 0 Å². The molecule has 4 heteroatoms. The molecule has 2 unspecified atom stereocenters. The van der Waals surface area contributed by atoms with Crippen LogP contribution in [0.1, 0.15) is 37.3 Å². The van der Waals surface area contributed by atoms with E-state index in [1.54, 1.807) is 0 Å². The van der Waals surface area contributed by atoms with Crippen molar-refractivity contribution >= 4 is 31.9 Å². The van der Waals surface area contributed by atoms with Gasteiger partial charge in [0.25, 0.3) is 0 Å². The van der Waals surface area contributed by atoms with Crippen LogP contribution in [0.3, 0.4) is 0 Å². The lowest BCUT2D eigenvalue weighted by Gasteiger charge is -2.40. The standard InChI is InChI=1S/C16H22Br2N2/c1-20-8-2-3-12(10-19-13-5-6-13)16(20)11-4-7-14(17)15(18)9-11/h4,7,9,12-13,16,19H,2-3,5-6,8,10H2,1H3. The lowest BCUT2D eigenvalue weighted by Crippen LogP contribution is -2.40. The van der Waals surface area contributed by atoms with Gasteiger partial charge in [-0.1, -0.05) is 6.07 Å². The number of nitrogens with one attached hydrogen (secondary N) is 1. The lowest BCUT2D eigenvalue weighted by atomic mass is 9.85. The van der Waals surface area contributed by atoms with Crippen molar-refractivity contribution in [2.75, 3.05) is 20.1 Å². The van der Waals surface area contributed by atoms with Crippen molar-refractivity contribution in [2.45, 2.75) is 37.8 Å².